The number of carbonyl (C=O) groups is 2. The number of aryl methyl sites for hydroxylation is 1. The molecule has 2 atom stereocenters. The van der Waals surface area contributed by atoms with E-state index in [4.69, 9.17) is 16.3 Å². The van der Waals surface area contributed by atoms with Gasteiger partial charge in [-0.05, 0) is 31.5 Å². The van der Waals surface area contributed by atoms with E-state index in [-0.39, 0.29) is 24.3 Å². The molecular formula is C16H20ClN3O3S. The number of methoxy groups -OCH3 is 1. The molecule has 1 aliphatic heterocycles. The van der Waals surface area contributed by atoms with Crippen molar-refractivity contribution in [2.24, 2.45) is 4.99 Å². The molecule has 1 aliphatic rings. The van der Waals surface area contributed by atoms with Crippen LogP contribution < -0.4 is 10.6 Å². The highest BCUT2D eigenvalue weighted by atomic mass is 35.5. The van der Waals surface area contributed by atoms with Crippen LogP contribution in [0.3, 0.4) is 0 Å². The number of thioether (sulfide) groups is 1. The highest BCUT2D eigenvalue weighted by molar-refractivity contribution is 8.15. The van der Waals surface area contributed by atoms with Gasteiger partial charge in [0.2, 0.25) is 11.8 Å². The maximum absolute atomic E-state index is 12.1. The van der Waals surface area contributed by atoms with Crippen molar-refractivity contribution in [3.05, 3.63) is 28.8 Å². The number of amidine groups is 1. The fraction of sp³-hybridized carbons (Fsp3) is 0.438. The highest BCUT2D eigenvalue weighted by Crippen LogP contribution is 2.24. The van der Waals surface area contributed by atoms with Crippen LogP contribution in [0.1, 0.15) is 18.9 Å². The molecule has 130 valence electrons. The topological polar surface area (TPSA) is 79.8 Å². The Morgan fingerprint density at radius 2 is 2.29 bits per heavy atom. The molecule has 0 bridgehead atoms. The summed E-state index contributed by atoms with van der Waals surface area (Å²) in [6, 6.07) is 5.24. The molecule has 0 spiro atoms. The van der Waals surface area contributed by atoms with Gasteiger partial charge in [-0.25, -0.2) is 0 Å². The van der Waals surface area contributed by atoms with Crippen LogP contribution in [0.15, 0.2) is 23.2 Å². The molecule has 0 saturated carbocycles. The monoisotopic (exact) mass is 369 g/mol. The molecule has 1 aromatic carbocycles. The van der Waals surface area contributed by atoms with E-state index < -0.39 is 5.25 Å². The quantitative estimate of drug-likeness (QED) is 0.807. The third-order valence-corrected chi connectivity index (χ3v) is 4.85. The summed E-state index contributed by atoms with van der Waals surface area (Å²) in [6.07, 6.45) is 0.0691. The van der Waals surface area contributed by atoms with Crippen molar-refractivity contribution >= 4 is 46.0 Å². The highest BCUT2D eigenvalue weighted by Gasteiger charge is 2.32. The molecule has 0 aromatic heterocycles. The lowest BCUT2D eigenvalue weighted by Gasteiger charge is -2.08. The summed E-state index contributed by atoms with van der Waals surface area (Å²) in [5, 5.41) is 6.08. The standard InChI is InChI=1S/C16H20ClN3O3S/c1-9-4-5-11(6-12(9)17)19-14(21)7-13-15(22)20-16(24-13)18-10(2)8-23-3/h4-6,10,13H,7-8H2,1-3H3,(H,19,21)(H,18,20,22)/t10-,13-/m1/s1. The van der Waals surface area contributed by atoms with Crippen LogP contribution in [-0.4, -0.2) is 42.0 Å². The number of amides is 2. The van der Waals surface area contributed by atoms with Crippen LogP contribution in [0.25, 0.3) is 0 Å². The first-order chi connectivity index (χ1) is 11.4. The zero-order valence-electron chi connectivity index (χ0n) is 13.8. The fourth-order valence-corrected chi connectivity index (χ4v) is 3.38. The Kier molecular flexibility index (Phi) is 6.65. The van der Waals surface area contributed by atoms with E-state index in [1.165, 1.54) is 11.8 Å². The molecule has 1 heterocycles. The van der Waals surface area contributed by atoms with Crippen molar-refractivity contribution in [2.45, 2.75) is 31.6 Å². The number of benzene rings is 1. The predicted octanol–water partition coefficient (Wildman–Crippen LogP) is 2.60. The summed E-state index contributed by atoms with van der Waals surface area (Å²) in [5.41, 5.74) is 1.55. The molecular weight excluding hydrogens is 350 g/mol. The molecule has 0 aliphatic carbocycles. The SMILES string of the molecule is COC[C@@H](C)N=C1NC(=O)[C@@H](CC(=O)Nc2ccc(C)c(Cl)c2)S1. The van der Waals surface area contributed by atoms with Crippen LogP contribution in [0, 0.1) is 6.92 Å². The van der Waals surface area contributed by atoms with E-state index in [0.29, 0.717) is 22.5 Å². The van der Waals surface area contributed by atoms with Crippen LogP contribution >= 0.6 is 23.4 Å². The average molecular weight is 370 g/mol. The number of hydrogen-bond donors (Lipinski definition) is 2. The summed E-state index contributed by atoms with van der Waals surface area (Å²) >= 11 is 7.30. The van der Waals surface area contributed by atoms with Crippen molar-refractivity contribution in [1.82, 2.24) is 5.32 Å². The summed E-state index contributed by atoms with van der Waals surface area (Å²) < 4.78 is 5.01. The minimum atomic E-state index is -0.487. The van der Waals surface area contributed by atoms with Gasteiger partial charge in [0.05, 0.1) is 12.6 Å². The van der Waals surface area contributed by atoms with Crippen molar-refractivity contribution < 1.29 is 14.3 Å². The number of nitrogens with one attached hydrogen (secondary N) is 2. The number of carbonyl (C=O) groups excluding carboxylic acids is 2. The number of aliphatic imine (C=N–C) groups is 1. The van der Waals surface area contributed by atoms with E-state index >= 15 is 0 Å². The molecule has 2 N–H and O–H groups in total. The Morgan fingerprint density at radius 3 is 2.96 bits per heavy atom. The molecule has 2 rings (SSSR count). The Bertz CT molecular complexity index is 666. The van der Waals surface area contributed by atoms with Gasteiger partial charge in [0.1, 0.15) is 5.25 Å². The van der Waals surface area contributed by atoms with Gasteiger partial charge in [-0.2, -0.15) is 0 Å². The fourth-order valence-electron chi connectivity index (χ4n) is 2.13. The van der Waals surface area contributed by atoms with Gasteiger partial charge in [0, 0.05) is 24.2 Å². The lowest BCUT2D eigenvalue weighted by Crippen LogP contribution is -2.28. The minimum Gasteiger partial charge on any atom is -0.382 e. The van der Waals surface area contributed by atoms with E-state index in [1.54, 1.807) is 19.2 Å². The Balaban J connectivity index is 1.92. The van der Waals surface area contributed by atoms with Crippen molar-refractivity contribution in [3.63, 3.8) is 0 Å². The number of hydrogen-bond acceptors (Lipinski definition) is 5. The van der Waals surface area contributed by atoms with Gasteiger partial charge in [0.25, 0.3) is 0 Å². The van der Waals surface area contributed by atoms with Crippen LogP contribution in [0.5, 0.6) is 0 Å². The Labute approximate surface area is 150 Å². The molecule has 2 amide bonds. The van der Waals surface area contributed by atoms with Crippen molar-refractivity contribution in [3.8, 4) is 0 Å². The van der Waals surface area contributed by atoms with Crippen LogP contribution in [0.4, 0.5) is 5.69 Å². The zero-order valence-corrected chi connectivity index (χ0v) is 15.3. The first kappa shape index (κ1) is 18.8. The first-order valence-corrected chi connectivity index (χ1v) is 8.75. The number of nitrogens with zero attached hydrogens (tertiary/aromatic N) is 1. The second-order valence-corrected chi connectivity index (χ2v) is 7.15. The van der Waals surface area contributed by atoms with E-state index in [2.05, 4.69) is 15.6 Å². The average Bonchev–Trinajstić information content (AvgIpc) is 2.82. The minimum absolute atomic E-state index is 0.0555. The van der Waals surface area contributed by atoms with Gasteiger partial charge in [0.15, 0.2) is 5.17 Å². The van der Waals surface area contributed by atoms with Crippen molar-refractivity contribution in [2.75, 3.05) is 19.0 Å². The van der Waals surface area contributed by atoms with Gasteiger partial charge >= 0.3 is 0 Å². The lowest BCUT2D eigenvalue weighted by molar-refractivity contribution is -0.122. The molecule has 0 unspecified atom stereocenters. The molecule has 0 radical (unpaired) electrons. The molecule has 1 fully saturated rings. The third-order valence-electron chi connectivity index (χ3n) is 3.35. The summed E-state index contributed by atoms with van der Waals surface area (Å²) in [6.45, 7) is 4.25. The Morgan fingerprint density at radius 1 is 1.54 bits per heavy atom. The van der Waals surface area contributed by atoms with E-state index in [9.17, 15) is 9.59 Å². The predicted molar refractivity (Wildman–Crippen MR) is 97.7 cm³/mol. The second-order valence-electron chi connectivity index (χ2n) is 5.55. The van der Waals surface area contributed by atoms with Crippen molar-refractivity contribution in [1.29, 1.82) is 0 Å². The number of halogens is 1. The smallest absolute Gasteiger partial charge is 0.240 e. The van der Waals surface area contributed by atoms with Gasteiger partial charge in [-0.15, -0.1) is 0 Å². The molecule has 6 nitrogen and oxygen atoms in total. The number of anilines is 1. The molecule has 1 aromatic rings. The first-order valence-electron chi connectivity index (χ1n) is 7.49. The van der Waals surface area contributed by atoms with E-state index in [0.717, 1.165) is 5.56 Å². The summed E-state index contributed by atoms with van der Waals surface area (Å²) in [5.74, 6) is -0.450. The zero-order chi connectivity index (χ0) is 17.7. The van der Waals surface area contributed by atoms with E-state index in [1.807, 2.05) is 19.9 Å². The van der Waals surface area contributed by atoms with Crippen LogP contribution in [-0.2, 0) is 14.3 Å². The number of rotatable bonds is 6. The lowest BCUT2D eigenvalue weighted by atomic mass is 10.2. The van der Waals surface area contributed by atoms with Crippen LogP contribution in [0.2, 0.25) is 5.02 Å². The number of ether oxygens (including phenoxy) is 1. The largest absolute Gasteiger partial charge is 0.382 e. The summed E-state index contributed by atoms with van der Waals surface area (Å²) in [7, 11) is 1.60. The van der Waals surface area contributed by atoms with Gasteiger partial charge in [-0.3, -0.25) is 14.6 Å². The second kappa shape index (κ2) is 8.50. The maximum atomic E-state index is 12.1. The molecule has 8 heteroatoms. The molecule has 24 heavy (non-hydrogen) atoms. The third kappa shape index (κ3) is 5.22. The summed E-state index contributed by atoms with van der Waals surface area (Å²) in [4.78, 5) is 28.5. The van der Waals surface area contributed by atoms with Gasteiger partial charge in [-0.1, -0.05) is 29.4 Å². The Hall–Kier alpha value is -1.57. The van der Waals surface area contributed by atoms with Gasteiger partial charge < -0.3 is 15.4 Å². The molecule has 1 saturated heterocycles. The maximum Gasteiger partial charge on any atom is 0.240 e. The normalized spacial score (nSPS) is 20.1.